The summed E-state index contributed by atoms with van der Waals surface area (Å²) in [6.07, 6.45) is 10.0. The molecule has 80 heavy (non-hydrogen) atoms. The predicted molar refractivity (Wildman–Crippen MR) is 305 cm³/mol. The van der Waals surface area contributed by atoms with Crippen molar-refractivity contribution in [3.05, 3.63) is 125 Å². The van der Waals surface area contributed by atoms with Crippen LogP contribution in [0.15, 0.2) is 102 Å². The largest absolute Gasteiger partial charge is 0.858 e. The van der Waals surface area contributed by atoms with Crippen molar-refractivity contribution in [2.24, 2.45) is 10.4 Å². The molecular formula is C60H74N11O8S-. The third-order valence-electron chi connectivity index (χ3n) is 14.8. The number of fused-ring (bicyclic) bond motifs is 1. The Balaban J connectivity index is 0.657. The highest BCUT2D eigenvalue weighted by Gasteiger charge is 2.42. The summed E-state index contributed by atoms with van der Waals surface area (Å²) >= 11 is 1.60. The van der Waals surface area contributed by atoms with Gasteiger partial charge in [0.25, 0.3) is 0 Å². The summed E-state index contributed by atoms with van der Waals surface area (Å²) in [6, 6.07) is 23.2. The summed E-state index contributed by atoms with van der Waals surface area (Å²) < 4.78 is 23.6. The van der Waals surface area contributed by atoms with Crippen LogP contribution in [0.4, 0.5) is 5.69 Å². The fourth-order valence-electron chi connectivity index (χ4n) is 10.4. The van der Waals surface area contributed by atoms with Gasteiger partial charge < -0.3 is 50.2 Å². The highest BCUT2D eigenvalue weighted by molar-refractivity contribution is 7.13. The Labute approximate surface area is 472 Å². The molecule has 5 N–H and O–H groups in total. The number of thiazole rings is 1. The van der Waals surface area contributed by atoms with Crippen LogP contribution < -0.4 is 35.8 Å². The van der Waals surface area contributed by atoms with Gasteiger partial charge in [-0.15, -0.1) is 11.3 Å². The number of nitrogens with one attached hydrogen (secondary N) is 5. The van der Waals surface area contributed by atoms with Gasteiger partial charge >= 0.3 is 0 Å². The molecule has 3 aliphatic heterocycles. The molecule has 6 aromatic rings. The van der Waals surface area contributed by atoms with Gasteiger partial charge in [-0.3, -0.25) is 29.5 Å². The van der Waals surface area contributed by atoms with E-state index in [9.17, 15) is 19.5 Å². The number of hydrogen-bond donors (Lipinski definition) is 5. The molecule has 3 aromatic carbocycles. The van der Waals surface area contributed by atoms with Gasteiger partial charge in [-0.2, -0.15) is 5.10 Å². The number of carbonyl (C=O) groups excluding carboxylic acids is 3. The summed E-state index contributed by atoms with van der Waals surface area (Å²) in [6.45, 7) is 12.3. The van der Waals surface area contributed by atoms with E-state index in [1.165, 1.54) is 0 Å². The number of anilines is 1. The number of piperidine rings is 1. The van der Waals surface area contributed by atoms with Crippen LogP contribution in [0.25, 0.3) is 21.8 Å². The van der Waals surface area contributed by atoms with Crippen LogP contribution >= 0.6 is 11.3 Å². The van der Waals surface area contributed by atoms with Gasteiger partial charge in [-0.1, -0.05) is 57.2 Å². The number of unbranched alkanes of at least 4 members (excludes halogenated alkanes) is 2. The van der Waals surface area contributed by atoms with Crippen molar-refractivity contribution in [2.45, 2.75) is 116 Å². The Hall–Kier alpha value is -7.26. The van der Waals surface area contributed by atoms with Crippen molar-refractivity contribution < 1.29 is 38.4 Å². The average molecular weight is 1110 g/mol. The quantitative estimate of drug-likeness (QED) is 0.0213. The lowest BCUT2D eigenvalue weighted by atomic mass is 9.85. The van der Waals surface area contributed by atoms with Crippen LogP contribution in [0, 0.1) is 12.3 Å². The number of pyridine rings is 1. The first-order chi connectivity index (χ1) is 38.8. The molecule has 19 nitrogen and oxygen atoms in total. The number of aromatic nitrogens is 5. The molecule has 6 heterocycles. The summed E-state index contributed by atoms with van der Waals surface area (Å²) in [7, 11) is 0. The van der Waals surface area contributed by atoms with Crippen molar-refractivity contribution in [1.82, 2.24) is 46.0 Å². The first-order valence-corrected chi connectivity index (χ1v) is 28.8. The second kappa shape index (κ2) is 27.3. The fraction of sp³-hybridized carbons (Fsp3) is 0.467. The number of nitrogens with zero attached hydrogens (tertiary/aromatic N) is 6. The Kier molecular flexibility index (Phi) is 19.6. The molecule has 20 heteroatoms. The number of amides is 3. The molecule has 3 aliphatic rings. The van der Waals surface area contributed by atoms with Crippen LogP contribution in [-0.4, -0.2) is 125 Å². The lowest BCUT2D eigenvalue weighted by molar-refractivity contribution is -0.213. The number of carbonyl (C=O) groups is 3. The maximum absolute atomic E-state index is 14.0. The van der Waals surface area contributed by atoms with Crippen LogP contribution in [-0.2, 0) is 35.9 Å². The third-order valence-corrected chi connectivity index (χ3v) is 15.8. The maximum Gasteiger partial charge on any atom is 0.246 e. The number of aromatic amines is 1. The van der Waals surface area contributed by atoms with Crippen LogP contribution in [0.2, 0.25) is 0 Å². The molecule has 3 aromatic heterocycles. The molecule has 424 valence electrons. The molecule has 3 atom stereocenters. The second-order valence-corrected chi connectivity index (χ2v) is 22.6. The topological polar surface area (TPSA) is 242 Å². The van der Waals surface area contributed by atoms with E-state index >= 15 is 0 Å². The maximum atomic E-state index is 14.0. The Morgan fingerprint density at radius 3 is 2.50 bits per heavy atom. The van der Waals surface area contributed by atoms with E-state index in [1.54, 1.807) is 34.7 Å². The molecule has 0 saturated carbocycles. The molecule has 0 aliphatic carbocycles. The first-order valence-electron chi connectivity index (χ1n) is 27.9. The van der Waals surface area contributed by atoms with Crippen LogP contribution in [0.3, 0.4) is 0 Å². The summed E-state index contributed by atoms with van der Waals surface area (Å²) in [4.78, 5) is 61.3. The van der Waals surface area contributed by atoms with E-state index in [-0.39, 0.29) is 36.3 Å². The van der Waals surface area contributed by atoms with E-state index < -0.39 is 23.0 Å². The number of likely N-dealkylation sites (tertiary alicyclic amines) is 1. The van der Waals surface area contributed by atoms with Gasteiger partial charge in [-0.25, -0.2) is 9.97 Å². The van der Waals surface area contributed by atoms with Crippen molar-refractivity contribution >= 4 is 40.6 Å². The molecule has 3 amide bonds. The van der Waals surface area contributed by atoms with Crippen molar-refractivity contribution in [3.63, 3.8) is 0 Å². The standard InChI is InChI=1S/C60H75N11O8S/c1-40-52(80-39-64-40)42-16-14-41(15-17-42)37-63-56(74)49-13-9-29-71(49)57(75)53(59(2,3)4)66-51(72)38-77-32-10-31-76-30-6-5-7-33-78-46-18-19-50-47(36-46)48(22-34-79-50)65-55(73)44-11-8-12-45(35-44)68-60(23-27-62-28-24-60)58-67-54(69-70-58)43-20-25-61-26-21-43/h8,11-12,14-21,25-26,35-36,39,48-49,53,62,68H,5-7,9-10,13,22-24,27-34,37-38H2,1-4H3,(H,63,74)(H,65,73)(H,66,72)(H,67,69,70)/p-1/t48?,49-,53+/m0/s1. The summed E-state index contributed by atoms with van der Waals surface area (Å²) in [5.74, 6) is 1.58. The van der Waals surface area contributed by atoms with E-state index in [1.807, 2.05) is 106 Å². The molecular weight excluding hydrogens is 1030 g/mol. The van der Waals surface area contributed by atoms with Gasteiger partial charge in [0.1, 0.15) is 30.2 Å². The Morgan fingerprint density at radius 2 is 1.71 bits per heavy atom. The number of rotatable bonds is 25. The molecule has 0 bridgehead atoms. The normalized spacial score (nSPS) is 17.5. The minimum Gasteiger partial charge on any atom is -0.858 e. The van der Waals surface area contributed by atoms with Gasteiger partial charge in [0.05, 0.1) is 40.9 Å². The zero-order chi connectivity index (χ0) is 55.9. The van der Waals surface area contributed by atoms with Gasteiger partial charge in [0.2, 0.25) is 17.7 Å². The number of H-pyrrole nitrogens is 1. The van der Waals surface area contributed by atoms with Gasteiger partial charge in [0, 0.05) is 68.5 Å². The molecule has 9 rings (SSSR count). The minimum atomic E-state index is -0.833. The van der Waals surface area contributed by atoms with E-state index in [0.29, 0.717) is 94.7 Å². The van der Waals surface area contributed by atoms with Crippen molar-refractivity contribution in [2.75, 3.05) is 64.6 Å². The number of benzene rings is 3. The van der Waals surface area contributed by atoms with Crippen LogP contribution in [0.5, 0.6) is 11.5 Å². The lowest BCUT2D eigenvalue weighted by Gasteiger charge is -2.37. The second-order valence-electron chi connectivity index (χ2n) is 21.7. The fourth-order valence-corrected chi connectivity index (χ4v) is 11.2. The zero-order valence-electron chi connectivity index (χ0n) is 46.3. The predicted octanol–water partition coefficient (Wildman–Crippen LogP) is 7.43. The number of aliphatic imine (C=N–C) groups is 1. The lowest BCUT2D eigenvalue weighted by Crippen LogP contribution is -2.58. The Morgan fingerprint density at radius 1 is 0.925 bits per heavy atom. The first kappa shape index (κ1) is 57.4. The van der Waals surface area contributed by atoms with E-state index in [2.05, 4.69) is 41.4 Å². The summed E-state index contributed by atoms with van der Waals surface area (Å²) in [5, 5.41) is 34.6. The van der Waals surface area contributed by atoms with Crippen molar-refractivity contribution in [1.29, 1.82) is 0 Å². The third kappa shape index (κ3) is 14.9. The average Bonchev–Trinajstić information content (AvgIpc) is 4.31. The van der Waals surface area contributed by atoms with Gasteiger partial charge in [0.15, 0.2) is 11.6 Å². The molecule has 2 saturated heterocycles. The molecule has 0 spiro atoms. The van der Waals surface area contributed by atoms with Crippen molar-refractivity contribution in [3.8, 4) is 33.3 Å². The van der Waals surface area contributed by atoms with E-state index in [0.717, 1.165) is 89.5 Å². The monoisotopic (exact) mass is 1110 g/mol. The highest BCUT2D eigenvalue weighted by atomic mass is 32.1. The number of aryl methyl sites for hydroxylation is 1. The highest BCUT2D eigenvalue weighted by Crippen LogP contribution is 2.38. The molecule has 0 radical (unpaired) electrons. The van der Waals surface area contributed by atoms with E-state index in [4.69, 9.17) is 28.9 Å². The number of ether oxygens (including phenoxy) is 4. The molecule has 2 fully saturated rings. The Bertz CT molecular complexity index is 3030. The van der Waals surface area contributed by atoms with Crippen LogP contribution in [0.1, 0.15) is 113 Å². The number of hydrogen-bond acceptors (Lipinski definition) is 16. The summed E-state index contributed by atoms with van der Waals surface area (Å²) in [5.41, 5.74) is 6.74. The molecule has 1 unspecified atom stereocenters. The SMILES string of the molecule is Cc1ncsc1-c1ccc(CNC(=O)[C@@H]2CCCN2C(=O)[C@@H](NC(=O)COCCCOCCCCCOc2ccc3c(c2)C(N=C([O-])c2cccc(NC4(c5nc(-c6ccncc6)n[nH]5)CCNCC4)c2)CCO3)C(C)(C)C)cc1. The minimum absolute atomic E-state index is 0.190. The smallest absolute Gasteiger partial charge is 0.246 e. The van der Waals surface area contributed by atoms with Gasteiger partial charge in [-0.05, 0) is 142 Å². The zero-order valence-corrected chi connectivity index (χ0v) is 47.1.